The number of aliphatic hydroxyl groups is 3. The molecule has 0 aliphatic carbocycles. The van der Waals surface area contributed by atoms with Crippen molar-refractivity contribution in [2.24, 2.45) is 0 Å². The molecule has 8 nitrogen and oxygen atoms in total. The number of aliphatic hydroxyl groups excluding tert-OH is 3. The highest BCUT2D eigenvalue weighted by atomic mass is 31.2. The first-order valence-corrected chi connectivity index (χ1v) is 12.3. The molecule has 0 aromatic heterocycles. The molecule has 5 atom stereocenters. The molecule has 168 valence electrons. The van der Waals surface area contributed by atoms with Gasteiger partial charge in [-0.1, -0.05) is 45.4 Å². The van der Waals surface area contributed by atoms with E-state index in [2.05, 4.69) is 6.92 Å². The molecule has 4 N–H and O–H groups in total. The van der Waals surface area contributed by atoms with Gasteiger partial charge < -0.3 is 34.2 Å². The lowest BCUT2D eigenvalue weighted by Gasteiger charge is -2.18. The van der Waals surface area contributed by atoms with Crippen molar-refractivity contribution in [2.75, 3.05) is 32.6 Å². The van der Waals surface area contributed by atoms with Crippen LogP contribution in [0.4, 0.5) is 0 Å². The fourth-order valence-corrected chi connectivity index (χ4v) is 4.46. The van der Waals surface area contributed by atoms with E-state index in [4.69, 9.17) is 19.1 Å². The van der Waals surface area contributed by atoms with E-state index in [1.165, 1.54) is 38.5 Å². The zero-order valence-corrected chi connectivity index (χ0v) is 18.0. The SMILES string of the molecule is CCCCCCCCCOCCCCOP(=O)(O)C[C@@H]1O[C@H](CO)[C@@H](O)[C@@H]1O. The predicted octanol–water partition coefficient (Wildman–Crippen LogP) is 2.22. The fourth-order valence-electron chi connectivity index (χ4n) is 3.18. The summed E-state index contributed by atoms with van der Waals surface area (Å²) >= 11 is 0. The van der Waals surface area contributed by atoms with Gasteiger partial charge in [-0.3, -0.25) is 4.57 Å². The predicted molar refractivity (Wildman–Crippen MR) is 106 cm³/mol. The largest absolute Gasteiger partial charge is 0.394 e. The molecule has 1 fully saturated rings. The van der Waals surface area contributed by atoms with Crippen LogP contribution in [0.5, 0.6) is 0 Å². The number of ether oxygens (including phenoxy) is 2. The molecular weight excluding hydrogens is 387 g/mol. The van der Waals surface area contributed by atoms with E-state index in [0.717, 1.165) is 19.4 Å². The molecule has 1 unspecified atom stereocenters. The van der Waals surface area contributed by atoms with Gasteiger partial charge in [-0.05, 0) is 19.3 Å². The molecule has 0 bridgehead atoms. The van der Waals surface area contributed by atoms with Crippen molar-refractivity contribution in [3.8, 4) is 0 Å². The summed E-state index contributed by atoms with van der Waals surface area (Å²) in [5.41, 5.74) is 0. The lowest BCUT2D eigenvalue weighted by atomic mass is 10.1. The smallest absolute Gasteiger partial charge is 0.330 e. The topological polar surface area (TPSA) is 126 Å². The van der Waals surface area contributed by atoms with E-state index >= 15 is 0 Å². The standard InChI is InChI=1S/C19H39O8P/c1-2-3-4-5-6-7-8-11-25-12-9-10-13-26-28(23,24)15-17-19(22)18(21)16(14-20)27-17/h16-22H,2-15H2,1H3,(H,23,24)/t16-,17+,18-,19-/m1/s1. The summed E-state index contributed by atoms with van der Waals surface area (Å²) in [4.78, 5) is 9.88. The van der Waals surface area contributed by atoms with E-state index in [-0.39, 0.29) is 6.61 Å². The van der Waals surface area contributed by atoms with Gasteiger partial charge >= 0.3 is 7.60 Å². The molecule has 0 spiro atoms. The molecule has 0 amide bonds. The van der Waals surface area contributed by atoms with Crippen LogP contribution in [0.15, 0.2) is 0 Å². The quantitative estimate of drug-likeness (QED) is 0.206. The fraction of sp³-hybridized carbons (Fsp3) is 1.00. The van der Waals surface area contributed by atoms with Crippen molar-refractivity contribution < 1.29 is 38.8 Å². The second-order valence-electron chi connectivity index (χ2n) is 7.47. The van der Waals surface area contributed by atoms with Gasteiger partial charge in [0.25, 0.3) is 0 Å². The van der Waals surface area contributed by atoms with Crippen LogP contribution < -0.4 is 0 Å². The van der Waals surface area contributed by atoms with E-state index < -0.39 is 44.8 Å². The molecule has 0 aromatic rings. The Morgan fingerprint density at radius 1 is 0.857 bits per heavy atom. The third kappa shape index (κ3) is 10.6. The molecule has 1 aliphatic rings. The van der Waals surface area contributed by atoms with E-state index in [1.807, 2.05) is 0 Å². The average molecular weight is 426 g/mol. The highest BCUT2D eigenvalue weighted by Crippen LogP contribution is 2.45. The minimum absolute atomic E-state index is 0.114. The third-order valence-corrected chi connectivity index (χ3v) is 6.33. The average Bonchev–Trinajstić information content (AvgIpc) is 2.92. The molecule has 0 aromatic carbocycles. The van der Waals surface area contributed by atoms with Crippen molar-refractivity contribution in [1.82, 2.24) is 0 Å². The summed E-state index contributed by atoms with van der Waals surface area (Å²) in [6.45, 7) is 3.21. The normalized spacial score (nSPS) is 27.2. The van der Waals surface area contributed by atoms with Gasteiger partial charge in [0.15, 0.2) is 0 Å². The van der Waals surface area contributed by atoms with E-state index in [0.29, 0.717) is 13.0 Å². The summed E-state index contributed by atoms with van der Waals surface area (Å²) in [6.07, 6.45) is 5.07. The first kappa shape index (κ1) is 26.0. The van der Waals surface area contributed by atoms with Crippen LogP contribution in [0.1, 0.15) is 64.7 Å². The third-order valence-electron chi connectivity index (χ3n) is 4.92. The van der Waals surface area contributed by atoms with Gasteiger partial charge in [-0.25, -0.2) is 0 Å². The minimum atomic E-state index is -3.94. The Bertz CT molecular complexity index is 436. The van der Waals surface area contributed by atoms with Crippen LogP contribution in [0.2, 0.25) is 0 Å². The molecule has 0 saturated carbocycles. The van der Waals surface area contributed by atoms with Crippen LogP contribution in [0, 0.1) is 0 Å². The number of hydrogen-bond donors (Lipinski definition) is 4. The maximum Gasteiger partial charge on any atom is 0.330 e. The Morgan fingerprint density at radius 2 is 1.39 bits per heavy atom. The summed E-state index contributed by atoms with van der Waals surface area (Å²) in [5.74, 6) is 0. The lowest BCUT2D eigenvalue weighted by molar-refractivity contribution is -0.0175. The Hall–Kier alpha value is -0.0500. The van der Waals surface area contributed by atoms with Crippen molar-refractivity contribution in [1.29, 1.82) is 0 Å². The Balaban J connectivity index is 2.00. The molecular formula is C19H39O8P. The monoisotopic (exact) mass is 426 g/mol. The molecule has 0 radical (unpaired) electrons. The van der Waals surface area contributed by atoms with Gasteiger partial charge in [-0.15, -0.1) is 0 Å². The van der Waals surface area contributed by atoms with Crippen molar-refractivity contribution in [2.45, 2.75) is 89.1 Å². The summed E-state index contributed by atoms with van der Waals surface area (Å²) < 4.78 is 27.9. The van der Waals surface area contributed by atoms with Crippen LogP contribution >= 0.6 is 7.60 Å². The Kier molecular flexibility index (Phi) is 13.8. The molecule has 1 heterocycles. The number of rotatable bonds is 17. The molecule has 1 aliphatic heterocycles. The lowest BCUT2D eigenvalue weighted by Crippen LogP contribution is -2.34. The van der Waals surface area contributed by atoms with Crippen LogP contribution in [0.25, 0.3) is 0 Å². The second kappa shape index (κ2) is 14.9. The highest BCUT2D eigenvalue weighted by molar-refractivity contribution is 7.52. The summed E-state index contributed by atoms with van der Waals surface area (Å²) in [5, 5.41) is 28.5. The number of unbranched alkanes of at least 4 members (excludes halogenated alkanes) is 7. The van der Waals surface area contributed by atoms with E-state index in [9.17, 15) is 19.7 Å². The summed E-state index contributed by atoms with van der Waals surface area (Å²) in [6, 6.07) is 0. The van der Waals surface area contributed by atoms with Gasteiger partial charge in [0.05, 0.1) is 25.5 Å². The maximum absolute atomic E-state index is 12.1. The van der Waals surface area contributed by atoms with Gasteiger partial charge in [0.1, 0.15) is 18.3 Å². The molecule has 1 rings (SSSR count). The van der Waals surface area contributed by atoms with Crippen molar-refractivity contribution >= 4 is 7.60 Å². The Labute approximate surface area is 168 Å². The zero-order valence-electron chi connectivity index (χ0n) is 17.1. The van der Waals surface area contributed by atoms with Crippen molar-refractivity contribution in [3.63, 3.8) is 0 Å². The minimum Gasteiger partial charge on any atom is -0.394 e. The van der Waals surface area contributed by atoms with Crippen LogP contribution in [-0.2, 0) is 18.6 Å². The zero-order chi connectivity index (χ0) is 20.8. The molecule has 28 heavy (non-hydrogen) atoms. The van der Waals surface area contributed by atoms with Crippen LogP contribution in [0.3, 0.4) is 0 Å². The first-order chi connectivity index (χ1) is 13.4. The first-order valence-electron chi connectivity index (χ1n) is 10.6. The highest BCUT2D eigenvalue weighted by Gasteiger charge is 2.45. The van der Waals surface area contributed by atoms with Gasteiger partial charge in [0.2, 0.25) is 0 Å². The second-order valence-corrected chi connectivity index (χ2v) is 9.37. The number of hydrogen-bond acceptors (Lipinski definition) is 7. The maximum atomic E-state index is 12.1. The molecule has 1 saturated heterocycles. The summed E-state index contributed by atoms with van der Waals surface area (Å²) in [7, 11) is -3.94. The van der Waals surface area contributed by atoms with E-state index in [1.54, 1.807) is 0 Å². The van der Waals surface area contributed by atoms with Gasteiger partial charge in [0, 0.05) is 13.2 Å². The Morgan fingerprint density at radius 3 is 2.00 bits per heavy atom. The van der Waals surface area contributed by atoms with Gasteiger partial charge in [-0.2, -0.15) is 0 Å². The van der Waals surface area contributed by atoms with Crippen LogP contribution in [-0.4, -0.2) is 77.2 Å². The van der Waals surface area contributed by atoms with Crippen molar-refractivity contribution in [3.05, 3.63) is 0 Å². The molecule has 9 heteroatoms.